The van der Waals surface area contributed by atoms with Crippen molar-refractivity contribution in [2.75, 3.05) is 13.1 Å². The predicted molar refractivity (Wildman–Crippen MR) is 86.2 cm³/mol. The molecule has 1 aliphatic rings. The van der Waals surface area contributed by atoms with E-state index in [1.54, 1.807) is 11.8 Å². The predicted octanol–water partition coefficient (Wildman–Crippen LogP) is 3.73. The van der Waals surface area contributed by atoms with Crippen molar-refractivity contribution in [3.8, 4) is 0 Å². The van der Waals surface area contributed by atoms with Crippen LogP contribution < -0.4 is 0 Å². The number of hydrogen-bond acceptors (Lipinski definition) is 3. The Morgan fingerprint density at radius 2 is 1.90 bits per heavy atom. The van der Waals surface area contributed by atoms with Gasteiger partial charge < -0.3 is 0 Å². The van der Waals surface area contributed by atoms with Crippen LogP contribution in [0, 0.1) is 5.82 Å². The largest absolute Gasteiger partial charge is 0.243 e. The molecule has 118 valence electrons. The zero-order valence-corrected chi connectivity index (χ0v) is 14.8. The molecule has 0 radical (unpaired) electrons. The zero-order chi connectivity index (χ0) is 15.8. The molecule has 0 bridgehead atoms. The molecule has 8 heteroatoms. The Morgan fingerprint density at radius 3 is 2.43 bits per heavy atom. The number of hydrogen-bond donors (Lipinski definition) is 0. The van der Waals surface area contributed by atoms with Crippen molar-refractivity contribution in [2.45, 2.75) is 35.1 Å². The van der Waals surface area contributed by atoms with Crippen LogP contribution in [-0.4, -0.2) is 36.3 Å². The summed E-state index contributed by atoms with van der Waals surface area (Å²) in [5.74, 6) is -0.803. The lowest BCUT2D eigenvalue weighted by molar-refractivity contribution is 0.404. The van der Waals surface area contributed by atoms with Gasteiger partial charge in [0.15, 0.2) is 0 Å². The average molecular weight is 372 g/mol. The number of nitrogens with zero attached hydrogens (tertiary/aromatic N) is 1. The molecule has 0 spiro atoms. The first-order valence-electron chi connectivity index (χ1n) is 6.45. The van der Waals surface area contributed by atoms with Crippen LogP contribution in [0.5, 0.6) is 0 Å². The van der Waals surface area contributed by atoms with Crippen molar-refractivity contribution in [2.24, 2.45) is 0 Å². The van der Waals surface area contributed by atoms with Crippen molar-refractivity contribution < 1.29 is 12.8 Å². The summed E-state index contributed by atoms with van der Waals surface area (Å²) < 4.78 is 40.5. The van der Waals surface area contributed by atoms with Gasteiger partial charge >= 0.3 is 0 Å². The average Bonchev–Trinajstić information content (AvgIpc) is 2.40. The van der Waals surface area contributed by atoms with Crippen LogP contribution in [0.3, 0.4) is 0 Å². The molecule has 1 fully saturated rings. The monoisotopic (exact) mass is 371 g/mol. The van der Waals surface area contributed by atoms with E-state index in [0.717, 1.165) is 6.07 Å². The third-order valence-corrected chi connectivity index (χ3v) is 6.99. The lowest BCUT2D eigenvalue weighted by Gasteiger charge is -2.33. The number of halogens is 3. The highest BCUT2D eigenvalue weighted by atomic mass is 35.5. The maximum absolute atomic E-state index is 13.8. The van der Waals surface area contributed by atoms with Gasteiger partial charge in [0.25, 0.3) is 0 Å². The lowest BCUT2D eigenvalue weighted by atomic mass is 10.2. The van der Waals surface area contributed by atoms with Crippen LogP contribution in [0.1, 0.15) is 19.4 Å². The van der Waals surface area contributed by atoms with E-state index in [-0.39, 0.29) is 31.9 Å². The van der Waals surface area contributed by atoms with Crippen LogP contribution in [0.25, 0.3) is 0 Å². The summed E-state index contributed by atoms with van der Waals surface area (Å²) in [7, 11) is -3.74. The summed E-state index contributed by atoms with van der Waals surface area (Å²) >= 11 is 13.2. The van der Waals surface area contributed by atoms with E-state index < -0.39 is 15.8 Å². The summed E-state index contributed by atoms with van der Waals surface area (Å²) in [6.07, 6.45) is 0. The smallest absolute Gasteiger partial charge is 0.207 e. The summed E-state index contributed by atoms with van der Waals surface area (Å²) in [4.78, 5) is -0.0913. The molecular formula is C13H16Cl2FNO2S2. The first kappa shape index (κ1) is 17.3. The second-order valence-corrected chi connectivity index (χ2v) is 9.56. The SMILES string of the molecule is CC1CN(S(=O)(=O)c2cc(F)c(Cl)c(CCl)c2)CC(C)S1. The molecule has 0 aliphatic carbocycles. The van der Waals surface area contributed by atoms with Crippen molar-refractivity contribution in [1.29, 1.82) is 0 Å². The Morgan fingerprint density at radius 1 is 1.33 bits per heavy atom. The van der Waals surface area contributed by atoms with Gasteiger partial charge in [0.2, 0.25) is 10.0 Å². The molecule has 0 amide bonds. The molecule has 0 saturated carbocycles. The summed E-state index contributed by atoms with van der Waals surface area (Å²) in [6.45, 7) is 4.79. The van der Waals surface area contributed by atoms with Crippen molar-refractivity contribution in [3.63, 3.8) is 0 Å². The summed E-state index contributed by atoms with van der Waals surface area (Å²) in [5, 5.41) is 0.279. The maximum Gasteiger partial charge on any atom is 0.243 e. The Balaban J connectivity index is 2.42. The van der Waals surface area contributed by atoms with Gasteiger partial charge in [0, 0.05) is 29.5 Å². The molecule has 2 atom stereocenters. The van der Waals surface area contributed by atoms with Gasteiger partial charge in [-0.05, 0) is 17.7 Å². The molecule has 21 heavy (non-hydrogen) atoms. The van der Waals surface area contributed by atoms with Crippen LogP contribution in [-0.2, 0) is 15.9 Å². The number of alkyl halides is 1. The Kier molecular flexibility index (Phi) is 5.47. The highest BCUT2D eigenvalue weighted by Gasteiger charge is 2.32. The molecule has 1 heterocycles. The number of thioether (sulfide) groups is 1. The van der Waals surface area contributed by atoms with E-state index in [4.69, 9.17) is 23.2 Å². The van der Waals surface area contributed by atoms with Crippen LogP contribution in [0.2, 0.25) is 5.02 Å². The first-order chi connectivity index (χ1) is 9.75. The Labute approximate surface area is 138 Å². The second-order valence-electron chi connectivity index (χ2n) is 5.09. The minimum atomic E-state index is -3.74. The van der Waals surface area contributed by atoms with E-state index in [0.29, 0.717) is 13.1 Å². The Hall–Kier alpha value is -0.0100. The molecule has 3 nitrogen and oxygen atoms in total. The van der Waals surface area contributed by atoms with Gasteiger partial charge in [0.05, 0.1) is 9.92 Å². The molecule has 1 aliphatic heterocycles. The number of sulfonamides is 1. The van der Waals surface area contributed by atoms with E-state index in [1.165, 1.54) is 10.4 Å². The van der Waals surface area contributed by atoms with Gasteiger partial charge in [-0.15, -0.1) is 11.6 Å². The fourth-order valence-electron chi connectivity index (χ4n) is 2.34. The normalized spacial score (nSPS) is 24.2. The van der Waals surface area contributed by atoms with Gasteiger partial charge in [-0.3, -0.25) is 0 Å². The van der Waals surface area contributed by atoms with Crippen molar-refractivity contribution in [1.82, 2.24) is 4.31 Å². The van der Waals surface area contributed by atoms with Crippen LogP contribution >= 0.6 is 35.0 Å². The highest BCUT2D eigenvalue weighted by molar-refractivity contribution is 8.00. The molecule has 1 aromatic carbocycles. The third-order valence-electron chi connectivity index (χ3n) is 3.24. The molecule has 2 unspecified atom stereocenters. The summed E-state index contributed by atoms with van der Waals surface area (Å²) in [5.41, 5.74) is 0.282. The fourth-order valence-corrected chi connectivity index (χ4v) is 5.99. The summed E-state index contributed by atoms with van der Waals surface area (Å²) in [6, 6.07) is 2.32. The molecule has 0 aromatic heterocycles. The quantitative estimate of drug-likeness (QED) is 0.759. The standard InChI is InChI=1S/C13H16Cl2FNO2S2/c1-8-6-17(7-9(2)20-8)21(18,19)11-3-10(5-14)13(15)12(16)4-11/h3-4,8-9H,5-7H2,1-2H3. The Bertz CT molecular complexity index is 629. The van der Waals surface area contributed by atoms with Gasteiger partial charge in [-0.2, -0.15) is 16.1 Å². The number of benzene rings is 1. The third kappa shape index (κ3) is 3.67. The first-order valence-corrected chi connectivity index (χ1v) is 9.74. The van der Waals surface area contributed by atoms with E-state index >= 15 is 0 Å². The maximum atomic E-state index is 13.8. The van der Waals surface area contributed by atoms with E-state index in [2.05, 4.69) is 0 Å². The lowest BCUT2D eigenvalue weighted by Crippen LogP contribution is -2.43. The van der Waals surface area contributed by atoms with Crippen LogP contribution in [0.4, 0.5) is 4.39 Å². The molecule has 2 rings (SSSR count). The van der Waals surface area contributed by atoms with Gasteiger partial charge in [-0.25, -0.2) is 12.8 Å². The van der Waals surface area contributed by atoms with Crippen molar-refractivity contribution in [3.05, 3.63) is 28.5 Å². The molecule has 1 aromatic rings. The molecular weight excluding hydrogens is 356 g/mol. The zero-order valence-electron chi connectivity index (χ0n) is 11.6. The number of rotatable bonds is 3. The van der Waals surface area contributed by atoms with E-state index in [1.807, 2.05) is 13.8 Å². The van der Waals surface area contributed by atoms with Gasteiger partial charge in [-0.1, -0.05) is 25.4 Å². The van der Waals surface area contributed by atoms with Crippen LogP contribution in [0.15, 0.2) is 17.0 Å². The minimum Gasteiger partial charge on any atom is -0.207 e. The van der Waals surface area contributed by atoms with Gasteiger partial charge in [0.1, 0.15) is 5.82 Å². The fraction of sp³-hybridized carbons (Fsp3) is 0.538. The minimum absolute atomic E-state index is 0.0399. The second kappa shape index (κ2) is 6.62. The molecule has 1 saturated heterocycles. The topological polar surface area (TPSA) is 37.4 Å². The van der Waals surface area contributed by atoms with Crippen molar-refractivity contribution >= 4 is 45.0 Å². The van der Waals surface area contributed by atoms with E-state index in [9.17, 15) is 12.8 Å². The highest BCUT2D eigenvalue weighted by Crippen LogP contribution is 2.31. The molecule has 0 N–H and O–H groups in total.